The summed E-state index contributed by atoms with van der Waals surface area (Å²) in [6, 6.07) is 4.47. The summed E-state index contributed by atoms with van der Waals surface area (Å²) in [4.78, 5) is 7.91. The molecule has 0 amide bonds. The van der Waals surface area contributed by atoms with Gasteiger partial charge in [0.25, 0.3) is 0 Å². The first-order chi connectivity index (χ1) is 8.70. The Morgan fingerprint density at radius 2 is 2.06 bits per heavy atom. The van der Waals surface area contributed by atoms with E-state index in [1.807, 2.05) is 0 Å². The zero-order valence-electron chi connectivity index (χ0n) is 9.48. The molecule has 94 valence electrons. The van der Waals surface area contributed by atoms with E-state index in [-0.39, 0.29) is 11.9 Å². The molecule has 0 saturated carbocycles. The van der Waals surface area contributed by atoms with Gasteiger partial charge in [-0.3, -0.25) is 11.3 Å². The van der Waals surface area contributed by atoms with E-state index in [0.29, 0.717) is 6.42 Å². The maximum atomic E-state index is 13.0. The Hall–Kier alpha value is -1.37. The molecule has 4 nitrogen and oxygen atoms in total. The molecule has 0 aliphatic carbocycles. The Balaban J connectivity index is 2.21. The lowest BCUT2D eigenvalue weighted by atomic mass is 10.0. The molecule has 0 aliphatic rings. The minimum Gasteiger partial charge on any atom is -0.271 e. The van der Waals surface area contributed by atoms with Gasteiger partial charge in [0.2, 0.25) is 0 Å². The van der Waals surface area contributed by atoms with Gasteiger partial charge in [-0.2, -0.15) is 0 Å². The van der Waals surface area contributed by atoms with E-state index < -0.39 is 0 Å². The quantitative estimate of drug-likeness (QED) is 0.671. The van der Waals surface area contributed by atoms with Gasteiger partial charge in [0.1, 0.15) is 12.1 Å². The highest BCUT2D eigenvalue weighted by Gasteiger charge is 2.13. The van der Waals surface area contributed by atoms with E-state index in [4.69, 9.17) is 5.84 Å². The van der Waals surface area contributed by atoms with Crippen molar-refractivity contribution in [2.45, 2.75) is 12.5 Å². The number of rotatable bonds is 4. The van der Waals surface area contributed by atoms with Gasteiger partial charge in [0.05, 0.1) is 6.04 Å². The van der Waals surface area contributed by atoms with Crippen molar-refractivity contribution >= 4 is 15.9 Å². The Kier molecular flexibility index (Phi) is 4.35. The number of aromatic nitrogens is 2. The van der Waals surface area contributed by atoms with Gasteiger partial charge < -0.3 is 0 Å². The van der Waals surface area contributed by atoms with E-state index in [1.54, 1.807) is 18.5 Å². The van der Waals surface area contributed by atoms with Gasteiger partial charge in [-0.05, 0) is 24.1 Å². The van der Waals surface area contributed by atoms with Crippen molar-refractivity contribution in [3.63, 3.8) is 0 Å². The summed E-state index contributed by atoms with van der Waals surface area (Å²) in [6.07, 6.45) is 5.49. The number of nitrogens with two attached hydrogens (primary N) is 1. The SMILES string of the molecule is NNC(Cc1ccc(F)cc1Br)c1cncnc1. The summed E-state index contributed by atoms with van der Waals surface area (Å²) in [5.41, 5.74) is 4.56. The minimum absolute atomic E-state index is 0.118. The number of hydrogen-bond donors (Lipinski definition) is 2. The Labute approximate surface area is 113 Å². The second-order valence-corrected chi connectivity index (χ2v) is 4.69. The molecule has 18 heavy (non-hydrogen) atoms. The molecule has 2 aromatic rings. The van der Waals surface area contributed by atoms with Crippen LogP contribution in [-0.4, -0.2) is 9.97 Å². The molecule has 1 aromatic heterocycles. The molecule has 0 saturated heterocycles. The fraction of sp³-hybridized carbons (Fsp3) is 0.167. The predicted octanol–water partition coefficient (Wildman–Crippen LogP) is 2.13. The smallest absolute Gasteiger partial charge is 0.124 e. The molecular formula is C12H12BrFN4. The summed E-state index contributed by atoms with van der Waals surface area (Å²) < 4.78 is 13.7. The molecule has 0 fully saturated rings. The van der Waals surface area contributed by atoms with Crippen molar-refractivity contribution in [1.82, 2.24) is 15.4 Å². The minimum atomic E-state index is -0.272. The lowest BCUT2D eigenvalue weighted by molar-refractivity contribution is 0.546. The van der Waals surface area contributed by atoms with E-state index in [0.717, 1.165) is 15.6 Å². The highest BCUT2D eigenvalue weighted by atomic mass is 79.9. The Bertz CT molecular complexity index is 521. The molecule has 1 unspecified atom stereocenters. The number of nitrogens with one attached hydrogen (secondary N) is 1. The van der Waals surface area contributed by atoms with Crippen molar-refractivity contribution in [3.8, 4) is 0 Å². The van der Waals surface area contributed by atoms with Crippen LogP contribution in [0.1, 0.15) is 17.2 Å². The van der Waals surface area contributed by atoms with Crippen molar-refractivity contribution in [1.29, 1.82) is 0 Å². The fourth-order valence-electron chi connectivity index (χ4n) is 1.67. The zero-order valence-corrected chi connectivity index (χ0v) is 11.1. The first-order valence-electron chi connectivity index (χ1n) is 5.35. The highest BCUT2D eigenvalue weighted by Crippen LogP contribution is 2.23. The van der Waals surface area contributed by atoms with Crippen molar-refractivity contribution in [2.75, 3.05) is 0 Å². The molecule has 1 heterocycles. The second kappa shape index (κ2) is 5.99. The van der Waals surface area contributed by atoms with Crippen LogP contribution in [0.15, 0.2) is 41.4 Å². The summed E-state index contributed by atoms with van der Waals surface area (Å²) in [5.74, 6) is 5.27. The average Bonchev–Trinajstić information content (AvgIpc) is 2.39. The van der Waals surface area contributed by atoms with Crippen molar-refractivity contribution < 1.29 is 4.39 Å². The molecule has 1 atom stereocenters. The fourth-order valence-corrected chi connectivity index (χ4v) is 2.18. The molecular weight excluding hydrogens is 299 g/mol. The van der Waals surface area contributed by atoms with Gasteiger partial charge in [0.15, 0.2) is 0 Å². The van der Waals surface area contributed by atoms with Gasteiger partial charge in [-0.1, -0.05) is 22.0 Å². The Morgan fingerprint density at radius 3 is 2.67 bits per heavy atom. The lowest BCUT2D eigenvalue weighted by Gasteiger charge is -2.16. The number of hydrogen-bond acceptors (Lipinski definition) is 4. The third-order valence-corrected chi connectivity index (χ3v) is 3.36. The van der Waals surface area contributed by atoms with Crippen LogP contribution in [0.3, 0.4) is 0 Å². The number of nitrogens with zero attached hydrogens (tertiary/aromatic N) is 2. The van der Waals surface area contributed by atoms with Crippen LogP contribution in [0.2, 0.25) is 0 Å². The molecule has 0 radical (unpaired) electrons. The van der Waals surface area contributed by atoms with Crippen LogP contribution >= 0.6 is 15.9 Å². The van der Waals surface area contributed by atoms with Crippen LogP contribution in [0.5, 0.6) is 0 Å². The van der Waals surface area contributed by atoms with Crippen LogP contribution in [0, 0.1) is 5.82 Å². The van der Waals surface area contributed by atoms with Crippen molar-refractivity contribution in [2.24, 2.45) is 5.84 Å². The van der Waals surface area contributed by atoms with Crippen LogP contribution < -0.4 is 11.3 Å². The molecule has 0 bridgehead atoms. The summed E-state index contributed by atoms with van der Waals surface area (Å²) in [5, 5.41) is 0. The lowest BCUT2D eigenvalue weighted by Crippen LogP contribution is -2.29. The number of halogens is 2. The third-order valence-electron chi connectivity index (χ3n) is 2.62. The van der Waals surface area contributed by atoms with Crippen LogP contribution in [0.25, 0.3) is 0 Å². The first kappa shape index (κ1) is 13.1. The standard InChI is InChI=1S/C12H12BrFN4/c13-11-4-10(14)2-1-8(11)3-12(18-15)9-5-16-7-17-6-9/h1-2,4-7,12,18H,3,15H2. The van der Waals surface area contributed by atoms with E-state index in [9.17, 15) is 4.39 Å². The highest BCUT2D eigenvalue weighted by molar-refractivity contribution is 9.10. The summed E-state index contributed by atoms with van der Waals surface area (Å²) in [7, 11) is 0. The van der Waals surface area contributed by atoms with E-state index in [2.05, 4.69) is 31.3 Å². The molecule has 0 aliphatic heterocycles. The maximum absolute atomic E-state index is 13.0. The molecule has 1 aromatic carbocycles. The molecule has 0 spiro atoms. The van der Waals surface area contributed by atoms with Gasteiger partial charge in [0, 0.05) is 22.4 Å². The summed E-state index contributed by atoms with van der Waals surface area (Å²) in [6.45, 7) is 0. The zero-order chi connectivity index (χ0) is 13.0. The van der Waals surface area contributed by atoms with Gasteiger partial charge in [-0.25, -0.2) is 14.4 Å². The normalized spacial score (nSPS) is 12.4. The van der Waals surface area contributed by atoms with Gasteiger partial charge in [-0.15, -0.1) is 0 Å². The van der Waals surface area contributed by atoms with Gasteiger partial charge >= 0.3 is 0 Å². The van der Waals surface area contributed by atoms with Crippen LogP contribution in [-0.2, 0) is 6.42 Å². The monoisotopic (exact) mass is 310 g/mol. The number of hydrazine groups is 1. The van der Waals surface area contributed by atoms with Crippen LogP contribution in [0.4, 0.5) is 4.39 Å². The second-order valence-electron chi connectivity index (χ2n) is 3.83. The van der Waals surface area contributed by atoms with E-state index >= 15 is 0 Å². The largest absolute Gasteiger partial charge is 0.271 e. The third kappa shape index (κ3) is 3.10. The molecule has 3 N–H and O–H groups in total. The Morgan fingerprint density at radius 1 is 1.33 bits per heavy atom. The predicted molar refractivity (Wildman–Crippen MR) is 69.9 cm³/mol. The summed E-state index contributed by atoms with van der Waals surface area (Å²) >= 11 is 3.34. The topological polar surface area (TPSA) is 63.8 Å². The molecule has 2 rings (SSSR count). The maximum Gasteiger partial charge on any atom is 0.124 e. The first-order valence-corrected chi connectivity index (χ1v) is 6.15. The molecule has 6 heteroatoms. The average molecular weight is 311 g/mol. The van der Waals surface area contributed by atoms with Crippen molar-refractivity contribution in [3.05, 3.63) is 58.3 Å². The number of benzene rings is 1. The van der Waals surface area contributed by atoms with E-state index in [1.165, 1.54) is 18.5 Å².